The molecule has 144 valence electrons. The van der Waals surface area contributed by atoms with Crippen LogP contribution in [0.3, 0.4) is 0 Å². The molecular weight excluding hydrogens is 403 g/mol. The number of benzene rings is 2. The normalized spacial score (nSPS) is 21.8. The number of carbonyl (C=O) groups is 1. The van der Waals surface area contributed by atoms with Crippen molar-refractivity contribution in [3.05, 3.63) is 58.6 Å². The molecule has 3 rings (SSSR count). The Hall–Kier alpha value is -1.36. The highest BCUT2D eigenvalue weighted by Crippen LogP contribution is 2.43. The summed E-state index contributed by atoms with van der Waals surface area (Å²) < 4.78 is 11.2. The van der Waals surface area contributed by atoms with Gasteiger partial charge >= 0.3 is 5.97 Å². The molecule has 2 aromatic rings. The van der Waals surface area contributed by atoms with Crippen LogP contribution in [0, 0.1) is 11.8 Å². The molecule has 0 amide bonds. The van der Waals surface area contributed by atoms with Crippen molar-refractivity contribution in [3.8, 4) is 5.75 Å². The Morgan fingerprint density at radius 3 is 2.56 bits per heavy atom. The van der Waals surface area contributed by atoms with E-state index < -0.39 is 0 Å². The second-order valence-corrected chi connectivity index (χ2v) is 8.71. The Morgan fingerprint density at radius 1 is 1.11 bits per heavy atom. The van der Waals surface area contributed by atoms with Crippen molar-refractivity contribution < 1.29 is 14.3 Å². The van der Waals surface area contributed by atoms with Gasteiger partial charge in [0.25, 0.3) is 0 Å². The van der Waals surface area contributed by atoms with Crippen molar-refractivity contribution in [2.24, 2.45) is 11.8 Å². The number of ether oxygens (including phenoxy) is 2. The van der Waals surface area contributed by atoms with Gasteiger partial charge in [-0.2, -0.15) is 0 Å². The van der Waals surface area contributed by atoms with Crippen LogP contribution in [0.1, 0.15) is 19.8 Å². The maximum atomic E-state index is 12.4. The molecular formula is C21H22Cl2O3S. The standard InChI is InChI=1S/C21H22Cl2O3S/c1-2-25-21(24)18-12-17(27-20-6-4-3-5-19(20)23)11-14(18)13-26-16-9-7-15(22)8-10-16/h3-10,14,17-18H,2,11-13H2,1H3/t14-,17?,18+/m0/s1. The zero-order chi connectivity index (χ0) is 19.2. The first-order chi connectivity index (χ1) is 13.1. The van der Waals surface area contributed by atoms with E-state index in [0.29, 0.717) is 23.5 Å². The Balaban J connectivity index is 1.66. The van der Waals surface area contributed by atoms with Crippen LogP contribution in [-0.4, -0.2) is 24.4 Å². The van der Waals surface area contributed by atoms with Crippen LogP contribution in [-0.2, 0) is 9.53 Å². The molecule has 0 radical (unpaired) electrons. The highest BCUT2D eigenvalue weighted by atomic mass is 35.5. The van der Waals surface area contributed by atoms with E-state index in [0.717, 1.165) is 28.5 Å². The summed E-state index contributed by atoms with van der Waals surface area (Å²) >= 11 is 13.9. The van der Waals surface area contributed by atoms with Gasteiger partial charge in [-0.05, 0) is 56.2 Å². The number of carbonyl (C=O) groups excluding carboxylic acids is 1. The predicted molar refractivity (Wildman–Crippen MR) is 111 cm³/mol. The lowest BCUT2D eigenvalue weighted by Gasteiger charge is -2.18. The number of hydrogen-bond acceptors (Lipinski definition) is 4. The molecule has 1 fully saturated rings. The van der Waals surface area contributed by atoms with Gasteiger partial charge in [-0.3, -0.25) is 4.79 Å². The molecule has 3 atom stereocenters. The molecule has 0 N–H and O–H groups in total. The van der Waals surface area contributed by atoms with Crippen molar-refractivity contribution in [1.82, 2.24) is 0 Å². The highest BCUT2D eigenvalue weighted by Gasteiger charge is 2.40. The number of halogens is 2. The van der Waals surface area contributed by atoms with Crippen LogP contribution in [0.4, 0.5) is 0 Å². The maximum absolute atomic E-state index is 12.4. The maximum Gasteiger partial charge on any atom is 0.309 e. The Labute approximate surface area is 174 Å². The average molecular weight is 425 g/mol. The van der Waals surface area contributed by atoms with Crippen LogP contribution in [0.5, 0.6) is 5.75 Å². The summed E-state index contributed by atoms with van der Waals surface area (Å²) in [6.45, 7) is 2.70. The molecule has 0 heterocycles. The van der Waals surface area contributed by atoms with Crippen LogP contribution >= 0.6 is 35.0 Å². The minimum absolute atomic E-state index is 0.111. The van der Waals surface area contributed by atoms with E-state index in [2.05, 4.69) is 0 Å². The van der Waals surface area contributed by atoms with E-state index in [9.17, 15) is 4.79 Å². The van der Waals surface area contributed by atoms with Gasteiger partial charge in [-0.1, -0.05) is 35.3 Å². The zero-order valence-corrected chi connectivity index (χ0v) is 17.4. The fourth-order valence-corrected chi connectivity index (χ4v) is 5.09. The Bertz CT molecular complexity index is 766. The highest BCUT2D eigenvalue weighted by molar-refractivity contribution is 8.00. The minimum Gasteiger partial charge on any atom is -0.493 e. The summed E-state index contributed by atoms with van der Waals surface area (Å²) in [6.07, 6.45) is 1.65. The van der Waals surface area contributed by atoms with Gasteiger partial charge < -0.3 is 9.47 Å². The van der Waals surface area contributed by atoms with Crippen LogP contribution < -0.4 is 4.74 Å². The third kappa shape index (κ3) is 5.56. The topological polar surface area (TPSA) is 35.5 Å². The molecule has 0 saturated heterocycles. The molecule has 6 heteroatoms. The first-order valence-electron chi connectivity index (χ1n) is 9.03. The summed E-state index contributed by atoms with van der Waals surface area (Å²) in [5.74, 6) is 0.575. The molecule has 1 aliphatic carbocycles. The molecule has 2 aromatic carbocycles. The third-order valence-corrected chi connectivity index (χ3v) is 6.67. The van der Waals surface area contributed by atoms with Gasteiger partial charge in [0.05, 0.1) is 24.2 Å². The molecule has 0 spiro atoms. The smallest absolute Gasteiger partial charge is 0.309 e. The summed E-state index contributed by atoms with van der Waals surface area (Å²) in [5, 5.41) is 1.72. The Morgan fingerprint density at radius 2 is 1.85 bits per heavy atom. The van der Waals surface area contributed by atoms with E-state index in [1.54, 1.807) is 23.9 Å². The quantitative estimate of drug-likeness (QED) is 0.501. The fraction of sp³-hybridized carbons (Fsp3) is 0.381. The molecule has 0 aliphatic heterocycles. The third-order valence-electron chi connectivity index (χ3n) is 4.65. The lowest BCUT2D eigenvalue weighted by atomic mass is 9.97. The molecule has 1 aliphatic rings. The van der Waals surface area contributed by atoms with Gasteiger partial charge in [0.15, 0.2) is 0 Å². The summed E-state index contributed by atoms with van der Waals surface area (Å²) in [6, 6.07) is 15.1. The van der Waals surface area contributed by atoms with E-state index in [1.807, 2.05) is 43.3 Å². The summed E-state index contributed by atoms with van der Waals surface area (Å²) in [4.78, 5) is 13.5. The van der Waals surface area contributed by atoms with Gasteiger partial charge in [0, 0.05) is 21.1 Å². The monoisotopic (exact) mass is 424 g/mol. The van der Waals surface area contributed by atoms with Gasteiger partial charge in [0.2, 0.25) is 0 Å². The van der Waals surface area contributed by atoms with E-state index >= 15 is 0 Å². The van der Waals surface area contributed by atoms with Crippen molar-refractivity contribution in [3.63, 3.8) is 0 Å². The summed E-state index contributed by atoms with van der Waals surface area (Å²) in [5.41, 5.74) is 0. The lowest BCUT2D eigenvalue weighted by Crippen LogP contribution is -2.25. The first-order valence-corrected chi connectivity index (χ1v) is 10.7. The predicted octanol–water partition coefficient (Wildman–Crippen LogP) is 6.12. The van der Waals surface area contributed by atoms with E-state index in [-0.39, 0.29) is 17.8 Å². The average Bonchev–Trinajstić information content (AvgIpc) is 3.06. The largest absolute Gasteiger partial charge is 0.493 e. The number of hydrogen-bond donors (Lipinski definition) is 0. The SMILES string of the molecule is CCOC(=O)[C@@H]1CC(Sc2ccccc2Cl)C[C@H]1COc1ccc(Cl)cc1. The van der Waals surface area contributed by atoms with Crippen LogP contribution in [0.2, 0.25) is 10.0 Å². The van der Waals surface area contributed by atoms with Crippen LogP contribution in [0.15, 0.2) is 53.4 Å². The Kier molecular flexibility index (Phi) is 7.33. The molecule has 1 unspecified atom stereocenters. The van der Waals surface area contributed by atoms with Crippen LogP contribution in [0.25, 0.3) is 0 Å². The van der Waals surface area contributed by atoms with Crippen molar-refractivity contribution in [1.29, 1.82) is 0 Å². The van der Waals surface area contributed by atoms with Gasteiger partial charge in [0.1, 0.15) is 5.75 Å². The second kappa shape index (κ2) is 9.72. The zero-order valence-electron chi connectivity index (χ0n) is 15.1. The minimum atomic E-state index is -0.155. The second-order valence-electron chi connectivity index (χ2n) is 6.53. The van der Waals surface area contributed by atoms with Crippen molar-refractivity contribution >= 4 is 40.9 Å². The number of thioether (sulfide) groups is 1. The molecule has 0 bridgehead atoms. The molecule has 1 saturated carbocycles. The number of rotatable bonds is 7. The molecule has 27 heavy (non-hydrogen) atoms. The fourth-order valence-electron chi connectivity index (χ4n) is 3.35. The van der Waals surface area contributed by atoms with E-state index in [4.69, 9.17) is 32.7 Å². The number of esters is 1. The molecule has 0 aromatic heterocycles. The van der Waals surface area contributed by atoms with E-state index in [1.165, 1.54) is 0 Å². The summed E-state index contributed by atoms with van der Waals surface area (Å²) in [7, 11) is 0. The van der Waals surface area contributed by atoms with Gasteiger partial charge in [-0.15, -0.1) is 11.8 Å². The molecule has 3 nitrogen and oxygen atoms in total. The first kappa shape index (κ1) is 20.4. The van der Waals surface area contributed by atoms with Crippen molar-refractivity contribution in [2.45, 2.75) is 29.9 Å². The van der Waals surface area contributed by atoms with Crippen molar-refractivity contribution in [2.75, 3.05) is 13.2 Å². The lowest BCUT2D eigenvalue weighted by molar-refractivity contribution is -0.149. The van der Waals surface area contributed by atoms with Gasteiger partial charge in [-0.25, -0.2) is 0 Å².